The molecule has 0 atom stereocenters. The highest BCUT2D eigenvalue weighted by atomic mass is 32.2. The molecule has 1 aromatic heterocycles. The van der Waals surface area contributed by atoms with E-state index >= 15 is 0 Å². The summed E-state index contributed by atoms with van der Waals surface area (Å²) in [5.41, 5.74) is 0.282. The summed E-state index contributed by atoms with van der Waals surface area (Å²) in [6, 6.07) is 6.55. The largest absolute Gasteiger partial charge is 0.453 e. The van der Waals surface area contributed by atoms with Crippen molar-refractivity contribution >= 4 is 22.0 Å². The Morgan fingerprint density at radius 2 is 2.00 bits per heavy atom. The van der Waals surface area contributed by atoms with Gasteiger partial charge in [-0.15, -0.1) is 0 Å². The molecule has 0 amide bonds. The van der Waals surface area contributed by atoms with Crippen LogP contribution in [-0.4, -0.2) is 21.0 Å². The van der Waals surface area contributed by atoms with Crippen molar-refractivity contribution < 1.29 is 22.0 Å². The molecular formula is C12H10FNO4S. The molecule has 7 heteroatoms. The van der Waals surface area contributed by atoms with Gasteiger partial charge in [-0.1, -0.05) is 0 Å². The molecule has 0 bridgehead atoms. The highest BCUT2D eigenvalue weighted by Gasteiger charge is 2.12. The molecule has 0 radical (unpaired) electrons. The second-order valence-electron chi connectivity index (χ2n) is 3.89. The number of rotatable bonds is 4. The minimum absolute atomic E-state index is 0.0656. The van der Waals surface area contributed by atoms with E-state index in [1.165, 1.54) is 24.3 Å². The SMILES string of the molecule is CS(=O)(=O)Nc1ccc(F)c(-c2ccc(C=O)o2)c1. The third kappa shape index (κ3) is 3.19. The molecule has 0 fully saturated rings. The number of carbonyl (C=O) groups is 1. The predicted molar refractivity (Wildman–Crippen MR) is 68.0 cm³/mol. The van der Waals surface area contributed by atoms with E-state index in [2.05, 4.69) is 4.72 Å². The maximum atomic E-state index is 13.7. The van der Waals surface area contributed by atoms with Crippen LogP contribution >= 0.6 is 0 Å². The number of carbonyl (C=O) groups excluding carboxylic acids is 1. The van der Waals surface area contributed by atoms with Crippen LogP contribution in [0.4, 0.5) is 10.1 Å². The second-order valence-corrected chi connectivity index (χ2v) is 5.64. The van der Waals surface area contributed by atoms with Crippen LogP contribution in [-0.2, 0) is 10.0 Å². The Bertz CT molecular complexity index is 721. The van der Waals surface area contributed by atoms with E-state index in [1.54, 1.807) is 0 Å². The first-order valence-electron chi connectivity index (χ1n) is 5.22. The van der Waals surface area contributed by atoms with E-state index < -0.39 is 15.8 Å². The number of hydrogen-bond donors (Lipinski definition) is 1. The van der Waals surface area contributed by atoms with E-state index in [4.69, 9.17) is 4.42 Å². The molecule has 0 aliphatic rings. The van der Waals surface area contributed by atoms with Crippen LogP contribution in [0.3, 0.4) is 0 Å². The average Bonchev–Trinajstić information content (AvgIpc) is 2.78. The Labute approximate surface area is 109 Å². The molecular weight excluding hydrogens is 273 g/mol. The zero-order valence-corrected chi connectivity index (χ0v) is 10.7. The van der Waals surface area contributed by atoms with Crippen molar-refractivity contribution in [2.75, 3.05) is 11.0 Å². The van der Waals surface area contributed by atoms with E-state index in [0.29, 0.717) is 6.29 Å². The molecule has 0 unspecified atom stereocenters. The minimum Gasteiger partial charge on any atom is -0.453 e. The molecule has 0 aliphatic heterocycles. The van der Waals surface area contributed by atoms with Gasteiger partial charge in [0.25, 0.3) is 0 Å². The Balaban J connectivity index is 2.44. The number of benzene rings is 1. The summed E-state index contributed by atoms with van der Waals surface area (Å²) in [6.45, 7) is 0. The summed E-state index contributed by atoms with van der Waals surface area (Å²) in [5, 5.41) is 0. The van der Waals surface area contributed by atoms with Crippen molar-refractivity contribution in [1.29, 1.82) is 0 Å². The van der Waals surface area contributed by atoms with Gasteiger partial charge in [-0.3, -0.25) is 9.52 Å². The summed E-state index contributed by atoms with van der Waals surface area (Å²) in [6.07, 6.45) is 1.49. The molecule has 2 rings (SSSR count). The number of furan rings is 1. The summed E-state index contributed by atoms with van der Waals surface area (Å²) in [4.78, 5) is 10.5. The van der Waals surface area contributed by atoms with Gasteiger partial charge in [0.1, 0.15) is 11.6 Å². The molecule has 0 spiro atoms. The van der Waals surface area contributed by atoms with Crippen LogP contribution < -0.4 is 4.72 Å². The molecule has 5 nitrogen and oxygen atoms in total. The Morgan fingerprint density at radius 1 is 1.26 bits per heavy atom. The Hall–Kier alpha value is -2.15. The minimum atomic E-state index is -3.45. The van der Waals surface area contributed by atoms with Crippen molar-refractivity contribution in [3.8, 4) is 11.3 Å². The van der Waals surface area contributed by atoms with Gasteiger partial charge < -0.3 is 4.42 Å². The quantitative estimate of drug-likeness (QED) is 0.873. The molecule has 0 aliphatic carbocycles. The molecule has 1 N–H and O–H groups in total. The van der Waals surface area contributed by atoms with Crippen molar-refractivity contribution in [3.63, 3.8) is 0 Å². The highest BCUT2D eigenvalue weighted by Crippen LogP contribution is 2.27. The number of aldehydes is 1. The topological polar surface area (TPSA) is 76.4 Å². The molecule has 19 heavy (non-hydrogen) atoms. The lowest BCUT2D eigenvalue weighted by atomic mass is 10.1. The molecule has 2 aromatic rings. The van der Waals surface area contributed by atoms with Crippen LogP contribution in [0, 0.1) is 5.82 Å². The first-order chi connectivity index (χ1) is 8.89. The van der Waals surface area contributed by atoms with Gasteiger partial charge in [0, 0.05) is 5.69 Å². The maximum Gasteiger partial charge on any atom is 0.229 e. The van der Waals surface area contributed by atoms with Crippen LogP contribution in [0.25, 0.3) is 11.3 Å². The van der Waals surface area contributed by atoms with Crippen molar-refractivity contribution in [2.24, 2.45) is 0 Å². The first kappa shape index (κ1) is 13.3. The maximum absolute atomic E-state index is 13.7. The van der Waals surface area contributed by atoms with Crippen LogP contribution in [0.5, 0.6) is 0 Å². The number of sulfonamides is 1. The van der Waals surface area contributed by atoms with Crippen molar-refractivity contribution in [3.05, 3.63) is 41.9 Å². The van der Waals surface area contributed by atoms with Crippen LogP contribution in [0.15, 0.2) is 34.7 Å². The number of halogens is 1. The zero-order valence-electron chi connectivity index (χ0n) is 9.88. The van der Waals surface area contributed by atoms with Gasteiger partial charge in [0.05, 0.1) is 11.8 Å². The van der Waals surface area contributed by atoms with Crippen molar-refractivity contribution in [1.82, 2.24) is 0 Å². The third-order valence-corrected chi connectivity index (χ3v) is 2.88. The smallest absolute Gasteiger partial charge is 0.229 e. The third-order valence-electron chi connectivity index (χ3n) is 2.28. The van der Waals surface area contributed by atoms with E-state index in [0.717, 1.165) is 12.3 Å². The van der Waals surface area contributed by atoms with Gasteiger partial charge in [-0.05, 0) is 30.3 Å². The van der Waals surface area contributed by atoms with Crippen molar-refractivity contribution in [2.45, 2.75) is 0 Å². The molecule has 1 aromatic carbocycles. The monoisotopic (exact) mass is 283 g/mol. The van der Waals surface area contributed by atoms with Gasteiger partial charge in [0.15, 0.2) is 12.0 Å². The fraction of sp³-hybridized carbons (Fsp3) is 0.0833. The fourth-order valence-corrected chi connectivity index (χ4v) is 2.11. The fourth-order valence-electron chi connectivity index (χ4n) is 1.55. The molecule has 0 saturated carbocycles. The van der Waals surface area contributed by atoms with Gasteiger partial charge in [-0.25, -0.2) is 12.8 Å². The lowest BCUT2D eigenvalue weighted by Gasteiger charge is -2.06. The number of hydrogen-bond acceptors (Lipinski definition) is 4. The van der Waals surface area contributed by atoms with Crippen LogP contribution in [0.1, 0.15) is 10.6 Å². The van der Waals surface area contributed by atoms with E-state index in [1.807, 2.05) is 0 Å². The summed E-state index contributed by atoms with van der Waals surface area (Å²) < 4.78 is 43.2. The van der Waals surface area contributed by atoms with E-state index in [-0.39, 0.29) is 22.8 Å². The second kappa shape index (κ2) is 4.85. The molecule has 1 heterocycles. The van der Waals surface area contributed by atoms with Gasteiger partial charge >= 0.3 is 0 Å². The Morgan fingerprint density at radius 3 is 2.58 bits per heavy atom. The molecule has 100 valence electrons. The zero-order chi connectivity index (χ0) is 14.0. The predicted octanol–water partition coefficient (Wildman–Crippen LogP) is 2.27. The molecule has 0 saturated heterocycles. The number of nitrogens with one attached hydrogen (secondary N) is 1. The summed E-state index contributed by atoms with van der Waals surface area (Å²) >= 11 is 0. The van der Waals surface area contributed by atoms with E-state index in [9.17, 15) is 17.6 Å². The normalized spacial score (nSPS) is 11.3. The van der Waals surface area contributed by atoms with Crippen LogP contribution in [0.2, 0.25) is 0 Å². The lowest BCUT2D eigenvalue weighted by Crippen LogP contribution is -2.09. The average molecular weight is 283 g/mol. The summed E-state index contributed by atoms with van der Waals surface area (Å²) in [7, 11) is -3.45. The first-order valence-corrected chi connectivity index (χ1v) is 7.11. The Kier molecular flexibility index (Phi) is 3.39. The van der Waals surface area contributed by atoms with Gasteiger partial charge in [-0.2, -0.15) is 0 Å². The van der Waals surface area contributed by atoms with Gasteiger partial charge in [0.2, 0.25) is 10.0 Å². The number of anilines is 1. The summed E-state index contributed by atoms with van der Waals surface area (Å²) in [5.74, 6) is -0.363. The lowest BCUT2D eigenvalue weighted by molar-refractivity contribution is 0.110. The highest BCUT2D eigenvalue weighted by molar-refractivity contribution is 7.92. The standard InChI is InChI=1S/C12H10FNO4S/c1-19(16,17)14-8-2-4-11(13)10(6-8)12-5-3-9(7-15)18-12/h2-7,14H,1H3.